The van der Waals surface area contributed by atoms with E-state index < -0.39 is 6.04 Å². The Labute approximate surface area is 131 Å². The van der Waals surface area contributed by atoms with Crippen LogP contribution in [0.4, 0.5) is 0 Å². The van der Waals surface area contributed by atoms with Gasteiger partial charge in [-0.05, 0) is 28.2 Å². The minimum atomic E-state index is -0.563. The van der Waals surface area contributed by atoms with Crippen molar-refractivity contribution in [1.82, 2.24) is 0 Å². The molecule has 0 bridgehead atoms. The summed E-state index contributed by atoms with van der Waals surface area (Å²) in [4.78, 5) is 12.0. The second-order valence-corrected chi connectivity index (χ2v) is 6.13. The van der Waals surface area contributed by atoms with E-state index in [1.165, 1.54) is 22.3 Å². The van der Waals surface area contributed by atoms with Crippen LogP contribution in [0.25, 0.3) is 11.1 Å². The zero-order valence-corrected chi connectivity index (χ0v) is 13.0. The Bertz CT molecular complexity index is 648. The lowest BCUT2D eigenvalue weighted by atomic mass is 9.98. The maximum Gasteiger partial charge on any atom is 0.323 e. The summed E-state index contributed by atoms with van der Waals surface area (Å²) in [5.41, 5.74) is 10.8. The topological polar surface area (TPSA) is 52.3 Å². The molecule has 3 heteroatoms. The predicted molar refractivity (Wildman–Crippen MR) is 87.5 cm³/mol. The van der Waals surface area contributed by atoms with Crippen LogP contribution in [0, 0.1) is 5.92 Å². The highest BCUT2D eigenvalue weighted by Gasteiger charge is 2.29. The number of benzene rings is 2. The van der Waals surface area contributed by atoms with Crippen LogP contribution in [-0.2, 0) is 9.53 Å². The van der Waals surface area contributed by atoms with Crippen molar-refractivity contribution in [1.29, 1.82) is 0 Å². The number of hydrogen-bond donors (Lipinski definition) is 1. The van der Waals surface area contributed by atoms with E-state index in [4.69, 9.17) is 10.5 Å². The molecule has 0 saturated carbocycles. The minimum Gasteiger partial charge on any atom is -0.464 e. The molecule has 2 N–H and O–H groups in total. The van der Waals surface area contributed by atoms with Crippen molar-refractivity contribution in [2.24, 2.45) is 11.7 Å². The Morgan fingerprint density at radius 2 is 1.55 bits per heavy atom. The molecule has 22 heavy (non-hydrogen) atoms. The number of carbonyl (C=O) groups excluding carboxylic acids is 1. The number of ether oxygens (including phenoxy) is 1. The fourth-order valence-corrected chi connectivity index (χ4v) is 2.97. The second-order valence-electron chi connectivity index (χ2n) is 6.13. The van der Waals surface area contributed by atoms with Gasteiger partial charge in [0.05, 0.1) is 0 Å². The largest absolute Gasteiger partial charge is 0.464 e. The summed E-state index contributed by atoms with van der Waals surface area (Å²) < 4.78 is 5.50. The molecule has 0 heterocycles. The number of rotatable bonds is 4. The van der Waals surface area contributed by atoms with Crippen LogP contribution in [0.5, 0.6) is 0 Å². The van der Waals surface area contributed by atoms with Crippen molar-refractivity contribution < 1.29 is 9.53 Å². The first kappa shape index (κ1) is 14.8. The molecule has 1 aliphatic carbocycles. The van der Waals surface area contributed by atoms with Gasteiger partial charge in [-0.1, -0.05) is 62.4 Å². The molecule has 0 aliphatic heterocycles. The van der Waals surface area contributed by atoms with E-state index in [1.807, 2.05) is 38.1 Å². The molecule has 2 aromatic carbocycles. The number of carbonyl (C=O) groups is 1. The van der Waals surface area contributed by atoms with Crippen molar-refractivity contribution in [3.05, 3.63) is 59.7 Å². The highest BCUT2D eigenvalue weighted by atomic mass is 16.5. The van der Waals surface area contributed by atoms with Gasteiger partial charge in [0.2, 0.25) is 0 Å². The number of esters is 1. The molecule has 0 radical (unpaired) electrons. The Morgan fingerprint density at radius 1 is 1.05 bits per heavy atom. The molecule has 3 rings (SSSR count). The maximum atomic E-state index is 12.0. The molecular formula is C19H21NO2. The van der Waals surface area contributed by atoms with Crippen LogP contribution in [0.2, 0.25) is 0 Å². The predicted octanol–water partition coefficient (Wildman–Crippen LogP) is 3.33. The van der Waals surface area contributed by atoms with E-state index in [2.05, 4.69) is 24.3 Å². The van der Waals surface area contributed by atoms with E-state index in [0.717, 1.165) is 0 Å². The fraction of sp³-hybridized carbons (Fsp3) is 0.316. The third kappa shape index (κ3) is 2.53. The van der Waals surface area contributed by atoms with Crippen LogP contribution in [-0.4, -0.2) is 18.6 Å². The number of nitrogens with two attached hydrogens (primary N) is 1. The van der Waals surface area contributed by atoms with Gasteiger partial charge in [0.15, 0.2) is 0 Å². The van der Waals surface area contributed by atoms with Crippen LogP contribution < -0.4 is 5.73 Å². The van der Waals surface area contributed by atoms with Crippen LogP contribution in [0.1, 0.15) is 30.9 Å². The molecule has 0 fully saturated rings. The minimum absolute atomic E-state index is 0.0793. The molecule has 1 aliphatic rings. The lowest BCUT2D eigenvalue weighted by Crippen LogP contribution is -2.37. The van der Waals surface area contributed by atoms with Gasteiger partial charge in [-0.2, -0.15) is 0 Å². The third-order valence-corrected chi connectivity index (χ3v) is 4.35. The molecular weight excluding hydrogens is 274 g/mol. The van der Waals surface area contributed by atoms with Gasteiger partial charge >= 0.3 is 5.97 Å². The van der Waals surface area contributed by atoms with Crippen LogP contribution in [0.15, 0.2) is 48.5 Å². The maximum absolute atomic E-state index is 12.0. The monoisotopic (exact) mass is 295 g/mol. The van der Waals surface area contributed by atoms with Gasteiger partial charge in [0, 0.05) is 5.92 Å². The van der Waals surface area contributed by atoms with Crippen molar-refractivity contribution in [3.8, 4) is 11.1 Å². The Balaban J connectivity index is 1.84. The van der Waals surface area contributed by atoms with Gasteiger partial charge in [-0.25, -0.2) is 0 Å². The van der Waals surface area contributed by atoms with E-state index in [-0.39, 0.29) is 17.8 Å². The summed E-state index contributed by atoms with van der Waals surface area (Å²) in [5, 5.41) is 0. The highest BCUT2D eigenvalue weighted by molar-refractivity contribution is 5.79. The first-order valence-electron chi connectivity index (χ1n) is 7.70. The quantitative estimate of drug-likeness (QED) is 0.880. The zero-order valence-electron chi connectivity index (χ0n) is 13.0. The number of hydrogen-bond acceptors (Lipinski definition) is 3. The smallest absolute Gasteiger partial charge is 0.323 e. The van der Waals surface area contributed by atoms with E-state index in [1.54, 1.807) is 0 Å². The van der Waals surface area contributed by atoms with Gasteiger partial charge in [-0.15, -0.1) is 0 Å². The van der Waals surface area contributed by atoms with Crippen molar-refractivity contribution >= 4 is 5.97 Å². The molecule has 2 aromatic rings. The van der Waals surface area contributed by atoms with Crippen LogP contribution in [0.3, 0.4) is 0 Å². The lowest BCUT2D eigenvalue weighted by Gasteiger charge is -2.18. The average molecular weight is 295 g/mol. The molecule has 0 amide bonds. The van der Waals surface area contributed by atoms with Gasteiger partial charge in [0.25, 0.3) is 0 Å². The zero-order chi connectivity index (χ0) is 15.7. The highest BCUT2D eigenvalue weighted by Crippen LogP contribution is 2.44. The molecule has 0 aromatic heterocycles. The summed E-state index contributed by atoms with van der Waals surface area (Å²) >= 11 is 0. The SMILES string of the molecule is CC(C)C(N)C(=O)OCC1c2ccccc2-c2ccccc21. The molecule has 0 spiro atoms. The summed E-state index contributed by atoms with van der Waals surface area (Å²) in [6.45, 7) is 4.19. The first-order chi connectivity index (χ1) is 10.6. The Morgan fingerprint density at radius 3 is 2.05 bits per heavy atom. The third-order valence-electron chi connectivity index (χ3n) is 4.35. The normalized spacial score (nSPS) is 14.5. The summed E-state index contributed by atoms with van der Waals surface area (Å²) in [5.74, 6) is -0.150. The Kier molecular flexibility index (Phi) is 3.99. The average Bonchev–Trinajstić information content (AvgIpc) is 2.86. The van der Waals surface area contributed by atoms with Gasteiger partial charge in [0.1, 0.15) is 12.6 Å². The van der Waals surface area contributed by atoms with Gasteiger partial charge < -0.3 is 10.5 Å². The fourth-order valence-electron chi connectivity index (χ4n) is 2.97. The van der Waals surface area contributed by atoms with Crippen molar-refractivity contribution in [3.63, 3.8) is 0 Å². The van der Waals surface area contributed by atoms with Crippen molar-refractivity contribution in [2.45, 2.75) is 25.8 Å². The lowest BCUT2D eigenvalue weighted by molar-refractivity contribution is -0.146. The summed E-state index contributed by atoms with van der Waals surface area (Å²) in [6.07, 6.45) is 0. The molecule has 114 valence electrons. The van der Waals surface area contributed by atoms with Gasteiger partial charge in [-0.3, -0.25) is 4.79 Å². The van der Waals surface area contributed by atoms with Crippen LogP contribution >= 0.6 is 0 Å². The molecule has 0 saturated heterocycles. The summed E-state index contributed by atoms with van der Waals surface area (Å²) in [6, 6.07) is 16.0. The molecule has 3 nitrogen and oxygen atoms in total. The molecule has 1 unspecified atom stereocenters. The van der Waals surface area contributed by atoms with E-state index >= 15 is 0 Å². The number of fused-ring (bicyclic) bond motifs is 3. The van der Waals surface area contributed by atoms with E-state index in [9.17, 15) is 4.79 Å². The molecule has 1 atom stereocenters. The summed E-state index contributed by atoms with van der Waals surface area (Å²) in [7, 11) is 0. The Hall–Kier alpha value is -2.13. The van der Waals surface area contributed by atoms with E-state index in [0.29, 0.717) is 6.61 Å². The second kappa shape index (κ2) is 5.93. The first-order valence-corrected chi connectivity index (χ1v) is 7.70. The van der Waals surface area contributed by atoms with Crippen molar-refractivity contribution in [2.75, 3.05) is 6.61 Å². The standard InChI is InChI=1S/C19H21NO2/c1-12(2)18(20)19(21)22-11-17-15-9-5-3-7-13(15)14-8-4-6-10-16(14)17/h3-10,12,17-18H,11,20H2,1-2H3.